The van der Waals surface area contributed by atoms with Gasteiger partial charge in [0.05, 0.1) is 14.2 Å². The highest BCUT2D eigenvalue weighted by Gasteiger charge is 2.22. The number of benzene rings is 2. The summed E-state index contributed by atoms with van der Waals surface area (Å²) in [7, 11) is 3.30. The molecule has 0 aliphatic rings. The first kappa shape index (κ1) is 21.6. The summed E-state index contributed by atoms with van der Waals surface area (Å²) in [6, 6.07) is 12.3. The minimum atomic E-state index is -2.91. The molecule has 2 aromatic carbocycles. The van der Waals surface area contributed by atoms with E-state index in [-0.39, 0.29) is 23.4 Å². The van der Waals surface area contributed by atoms with Crippen LogP contribution in [-0.2, 0) is 17.8 Å². The van der Waals surface area contributed by atoms with E-state index < -0.39 is 6.61 Å². The van der Waals surface area contributed by atoms with Gasteiger partial charge in [-0.1, -0.05) is 19.1 Å². The lowest BCUT2D eigenvalue weighted by molar-refractivity contribution is -0.907. The van der Waals surface area contributed by atoms with Crippen molar-refractivity contribution in [1.29, 1.82) is 0 Å². The number of likely N-dealkylation sites (N-methyl/N-ethyl adjacent to an activating group) is 1. The second kappa shape index (κ2) is 10.0. The Morgan fingerprint density at radius 1 is 1.11 bits per heavy atom. The standard InChI is InChI=1S/C21H26F2N2O3/c1-5-15-6-9-17(10-7-15)24-20(26)14(2)25(3)13-16-8-11-18(28-21(22)23)19(12-16)27-4/h6-12,14,21H,5,13H2,1-4H3,(H,24,26)/p+1/t14-/m1/s1. The Kier molecular flexibility index (Phi) is 7.75. The number of carbonyl (C=O) groups excluding carboxylic acids is 1. The monoisotopic (exact) mass is 393 g/mol. The molecule has 1 amide bonds. The number of ether oxygens (including phenoxy) is 2. The average Bonchev–Trinajstić information content (AvgIpc) is 2.68. The van der Waals surface area contributed by atoms with Crippen LogP contribution in [0.25, 0.3) is 0 Å². The van der Waals surface area contributed by atoms with Gasteiger partial charge in [0.1, 0.15) is 6.54 Å². The first-order chi connectivity index (χ1) is 13.3. The Hall–Kier alpha value is -2.67. The van der Waals surface area contributed by atoms with Gasteiger partial charge in [-0.25, -0.2) is 0 Å². The summed E-state index contributed by atoms with van der Waals surface area (Å²) in [5.74, 6) is 0.130. The van der Waals surface area contributed by atoms with Crippen molar-refractivity contribution < 1.29 is 27.9 Å². The van der Waals surface area contributed by atoms with Crippen LogP contribution in [0.15, 0.2) is 42.5 Å². The molecule has 0 aliphatic carbocycles. The number of amides is 1. The summed E-state index contributed by atoms with van der Waals surface area (Å²) in [6.45, 7) is 1.53. The third kappa shape index (κ3) is 5.92. The van der Waals surface area contributed by atoms with E-state index >= 15 is 0 Å². The summed E-state index contributed by atoms with van der Waals surface area (Å²) < 4.78 is 34.4. The van der Waals surface area contributed by atoms with E-state index in [1.165, 1.54) is 18.7 Å². The van der Waals surface area contributed by atoms with Gasteiger partial charge in [0.2, 0.25) is 0 Å². The van der Waals surface area contributed by atoms with Gasteiger partial charge in [-0.05, 0) is 49.2 Å². The number of hydrogen-bond acceptors (Lipinski definition) is 3. The molecule has 0 saturated heterocycles. The summed E-state index contributed by atoms with van der Waals surface area (Å²) in [4.78, 5) is 13.5. The zero-order valence-corrected chi connectivity index (χ0v) is 16.6. The number of carbonyl (C=O) groups is 1. The van der Waals surface area contributed by atoms with Crippen LogP contribution in [0.3, 0.4) is 0 Å². The van der Waals surface area contributed by atoms with Gasteiger partial charge in [-0.15, -0.1) is 0 Å². The predicted molar refractivity (Wildman–Crippen MR) is 104 cm³/mol. The molecule has 152 valence electrons. The maximum Gasteiger partial charge on any atom is 0.387 e. The third-order valence-corrected chi connectivity index (χ3v) is 4.69. The quantitative estimate of drug-likeness (QED) is 0.689. The number of rotatable bonds is 9. The molecular formula is C21H27F2N2O3+. The molecule has 2 rings (SSSR count). The fourth-order valence-electron chi connectivity index (χ4n) is 2.79. The molecule has 0 bridgehead atoms. The van der Waals surface area contributed by atoms with Crippen LogP contribution in [0.1, 0.15) is 25.0 Å². The third-order valence-electron chi connectivity index (χ3n) is 4.69. The van der Waals surface area contributed by atoms with Crippen molar-refractivity contribution in [3.8, 4) is 11.5 Å². The molecular weight excluding hydrogens is 366 g/mol. The largest absolute Gasteiger partial charge is 0.493 e. The summed E-state index contributed by atoms with van der Waals surface area (Å²) in [6.07, 6.45) is 0.947. The van der Waals surface area contributed by atoms with Crippen LogP contribution in [0.5, 0.6) is 11.5 Å². The number of hydrogen-bond donors (Lipinski definition) is 2. The molecule has 0 aromatic heterocycles. The Morgan fingerprint density at radius 2 is 1.75 bits per heavy atom. The van der Waals surface area contributed by atoms with E-state index in [1.54, 1.807) is 12.1 Å². The van der Waals surface area contributed by atoms with Crippen molar-refractivity contribution in [2.45, 2.75) is 39.5 Å². The predicted octanol–water partition coefficient (Wildman–Crippen LogP) is 2.90. The number of anilines is 1. The molecule has 0 aliphatic heterocycles. The Morgan fingerprint density at radius 3 is 2.32 bits per heavy atom. The molecule has 7 heteroatoms. The number of aryl methyl sites for hydroxylation is 1. The number of alkyl halides is 2. The number of halogens is 2. The first-order valence-electron chi connectivity index (χ1n) is 9.17. The van der Waals surface area contributed by atoms with Gasteiger partial charge in [-0.3, -0.25) is 4.79 Å². The van der Waals surface area contributed by atoms with Gasteiger partial charge in [0, 0.05) is 11.3 Å². The molecule has 2 N–H and O–H groups in total. The Bertz CT molecular complexity index is 782. The minimum absolute atomic E-state index is 0.0137. The van der Waals surface area contributed by atoms with E-state index in [4.69, 9.17) is 4.74 Å². The molecule has 1 unspecified atom stereocenters. The maximum atomic E-state index is 12.5. The fraction of sp³-hybridized carbons (Fsp3) is 0.381. The highest BCUT2D eigenvalue weighted by molar-refractivity contribution is 5.93. The molecule has 2 aromatic rings. The summed E-state index contributed by atoms with van der Waals surface area (Å²) in [5, 5.41) is 2.93. The van der Waals surface area contributed by atoms with Crippen LogP contribution < -0.4 is 19.7 Å². The average molecular weight is 393 g/mol. The van der Waals surface area contributed by atoms with E-state index in [2.05, 4.69) is 17.0 Å². The van der Waals surface area contributed by atoms with E-state index in [0.717, 1.165) is 22.6 Å². The molecule has 0 saturated carbocycles. The maximum absolute atomic E-state index is 12.5. The molecule has 5 nitrogen and oxygen atoms in total. The molecule has 0 heterocycles. The van der Waals surface area contributed by atoms with Crippen molar-refractivity contribution in [2.75, 3.05) is 19.5 Å². The van der Waals surface area contributed by atoms with Crippen LogP contribution in [0.4, 0.5) is 14.5 Å². The van der Waals surface area contributed by atoms with Gasteiger partial charge < -0.3 is 19.7 Å². The lowest BCUT2D eigenvalue weighted by atomic mass is 10.1. The molecule has 2 atom stereocenters. The Balaban J connectivity index is 2.00. The SMILES string of the molecule is CCc1ccc(NC(=O)[C@@H](C)[NH+](C)Cc2ccc(OC(F)F)c(OC)c2)cc1. The van der Waals surface area contributed by atoms with Crippen molar-refractivity contribution >= 4 is 11.6 Å². The van der Waals surface area contributed by atoms with Crippen molar-refractivity contribution in [2.24, 2.45) is 0 Å². The minimum Gasteiger partial charge on any atom is -0.493 e. The van der Waals surface area contributed by atoms with E-state index in [1.807, 2.05) is 38.2 Å². The van der Waals surface area contributed by atoms with Gasteiger partial charge >= 0.3 is 6.61 Å². The van der Waals surface area contributed by atoms with E-state index in [0.29, 0.717) is 6.54 Å². The zero-order chi connectivity index (χ0) is 20.7. The smallest absolute Gasteiger partial charge is 0.387 e. The summed E-state index contributed by atoms with van der Waals surface area (Å²) in [5.41, 5.74) is 2.82. The second-order valence-corrected chi connectivity index (χ2v) is 6.65. The highest BCUT2D eigenvalue weighted by Crippen LogP contribution is 2.29. The van der Waals surface area contributed by atoms with E-state index in [9.17, 15) is 13.6 Å². The molecule has 0 radical (unpaired) electrons. The molecule has 0 spiro atoms. The normalized spacial score (nSPS) is 13.1. The van der Waals surface area contributed by atoms with Crippen molar-refractivity contribution in [1.82, 2.24) is 0 Å². The molecule has 28 heavy (non-hydrogen) atoms. The van der Waals surface area contributed by atoms with Gasteiger partial charge in [-0.2, -0.15) is 8.78 Å². The second-order valence-electron chi connectivity index (χ2n) is 6.65. The highest BCUT2D eigenvalue weighted by atomic mass is 19.3. The number of nitrogens with one attached hydrogen (secondary N) is 2. The number of methoxy groups -OCH3 is 1. The van der Waals surface area contributed by atoms with Crippen LogP contribution >= 0.6 is 0 Å². The Labute approximate surface area is 164 Å². The summed E-state index contributed by atoms with van der Waals surface area (Å²) >= 11 is 0. The van der Waals surface area contributed by atoms with Crippen LogP contribution in [0.2, 0.25) is 0 Å². The first-order valence-corrected chi connectivity index (χ1v) is 9.17. The zero-order valence-electron chi connectivity index (χ0n) is 16.6. The van der Waals surface area contributed by atoms with Crippen molar-refractivity contribution in [3.05, 3.63) is 53.6 Å². The fourth-order valence-corrected chi connectivity index (χ4v) is 2.79. The lowest BCUT2D eigenvalue weighted by Gasteiger charge is -2.21. The van der Waals surface area contributed by atoms with Gasteiger partial charge in [0.15, 0.2) is 17.5 Å². The molecule has 0 fully saturated rings. The van der Waals surface area contributed by atoms with Crippen LogP contribution in [0, 0.1) is 0 Å². The van der Waals surface area contributed by atoms with Gasteiger partial charge in [0.25, 0.3) is 5.91 Å². The lowest BCUT2D eigenvalue weighted by Crippen LogP contribution is -3.12. The van der Waals surface area contributed by atoms with Crippen molar-refractivity contribution in [3.63, 3.8) is 0 Å². The van der Waals surface area contributed by atoms with Crippen LogP contribution in [-0.4, -0.2) is 32.7 Å². The topological polar surface area (TPSA) is 52.0 Å². The number of quaternary nitrogens is 1.